The van der Waals surface area contributed by atoms with Crippen molar-refractivity contribution in [2.45, 2.75) is 18.6 Å². The quantitative estimate of drug-likeness (QED) is 0.765. The largest absolute Gasteiger partial charge is 0.388 e. The van der Waals surface area contributed by atoms with Gasteiger partial charge in [-0.15, -0.1) is 0 Å². The third-order valence-electron chi connectivity index (χ3n) is 3.31. The summed E-state index contributed by atoms with van der Waals surface area (Å²) in [5, 5.41) is 22.4. The molecule has 2 rings (SSSR count). The number of aliphatic hydroxyl groups excluding tert-OH is 2. The first-order valence-corrected chi connectivity index (χ1v) is 6.99. The Balaban J connectivity index is 1.81. The van der Waals surface area contributed by atoms with Crippen LogP contribution < -0.4 is 5.32 Å². The average molecular weight is 303 g/mol. The highest BCUT2D eigenvalue weighted by Crippen LogP contribution is 2.16. The summed E-state index contributed by atoms with van der Waals surface area (Å²) in [6, 6.07) is 14.3. The predicted molar refractivity (Wildman–Crippen MR) is 80.4 cm³/mol. The predicted octanol–water partition coefficient (Wildman–Crippen LogP) is 2.10. The van der Waals surface area contributed by atoms with Crippen molar-refractivity contribution in [3.63, 3.8) is 0 Å². The molecular weight excluding hydrogens is 285 g/mol. The lowest BCUT2D eigenvalue weighted by atomic mass is 10.1. The van der Waals surface area contributed by atoms with Gasteiger partial charge in [-0.3, -0.25) is 4.79 Å². The first kappa shape index (κ1) is 16.1. The number of aliphatic hydroxyl groups is 2. The van der Waals surface area contributed by atoms with Crippen molar-refractivity contribution in [3.8, 4) is 0 Å². The van der Waals surface area contributed by atoms with E-state index in [1.54, 1.807) is 24.3 Å². The fourth-order valence-corrected chi connectivity index (χ4v) is 2.05. The zero-order valence-electron chi connectivity index (χ0n) is 11.9. The lowest BCUT2D eigenvalue weighted by molar-refractivity contribution is -0.123. The van der Waals surface area contributed by atoms with Gasteiger partial charge in [0.2, 0.25) is 5.91 Å². The molecule has 0 fully saturated rings. The molecule has 0 radical (unpaired) electrons. The number of amides is 1. The molecule has 0 aromatic heterocycles. The van der Waals surface area contributed by atoms with Gasteiger partial charge in [-0.2, -0.15) is 0 Å². The molecule has 0 bridgehead atoms. The summed E-state index contributed by atoms with van der Waals surface area (Å²) in [6.07, 6.45) is -1.89. The Morgan fingerprint density at radius 3 is 2.18 bits per heavy atom. The van der Waals surface area contributed by atoms with Crippen molar-refractivity contribution >= 4 is 5.91 Å². The number of carbonyl (C=O) groups excluding carboxylic acids is 1. The fraction of sp³-hybridized carbons (Fsp3) is 0.235. The summed E-state index contributed by atoms with van der Waals surface area (Å²) in [4.78, 5) is 11.8. The highest BCUT2D eigenvalue weighted by atomic mass is 19.1. The highest BCUT2D eigenvalue weighted by Gasteiger charge is 2.14. The summed E-state index contributed by atoms with van der Waals surface area (Å²) in [6.45, 7) is 0.00593. The number of rotatable bonds is 6. The van der Waals surface area contributed by atoms with Crippen LogP contribution in [0, 0.1) is 5.82 Å². The number of hydrogen-bond acceptors (Lipinski definition) is 3. The first-order valence-electron chi connectivity index (χ1n) is 6.99. The minimum atomic E-state index is -0.918. The number of halogens is 1. The molecule has 2 atom stereocenters. The second-order valence-corrected chi connectivity index (χ2v) is 5.00. The Morgan fingerprint density at radius 1 is 0.955 bits per heavy atom. The van der Waals surface area contributed by atoms with Gasteiger partial charge in [0.05, 0.1) is 18.6 Å². The molecule has 3 N–H and O–H groups in total. The monoisotopic (exact) mass is 303 g/mol. The fourth-order valence-electron chi connectivity index (χ4n) is 2.05. The van der Waals surface area contributed by atoms with E-state index in [0.717, 1.165) is 0 Å². The lowest BCUT2D eigenvalue weighted by Crippen LogP contribution is -2.29. The van der Waals surface area contributed by atoms with Crippen LogP contribution in [0.5, 0.6) is 0 Å². The summed E-state index contributed by atoms with van der Waals surface area (Å²) < 4.78 is 12.8. The van der Waals surface area contributed by atoms with Crippen molar-refractivity contribution < 1.29 is 19.4 Å². The van der Waals surface area contributed by atoms with E-state index in [1.807, 2.05) is 6.07 Å². The summed E-state index contributed by atoms with van der Waals surface area (Å²) >= 11 is 0. The standard InChI is InChI=1S/C17H18FNO3/c18-14-8-6-13(7-9-14)16(21)11-19-17(22)10-15(20)12-4-2-1-3-5-12/h1-9,15-16,20-21H,10-11H2,(H,19,22). The number of carbonyl (C=O) groups is 1. The van der Waals surface area contributed by atoms with Gasteiger partial charge in [-0.1, -0.05) is 42.5 Å². The SMILES string of the molecule is O=C(CC(O)c1ccccc1)NCC(O)c1ccc(F)cc1. The Labute approximate surface area is 128 Å². The molecule has 0 aliphatic rings. The number of nitrogens with one attached hydrogen (secondary N) is 1. The summed E-state index contributed by atoms with van der Waals surface area (Å²) in [5.41, 5.74) is 1.18. The number of benzene rings is 2. The molecule has 0 spiro atoms. The third-order valence-corrected chi connectivity index (χ3v) is 3.31. The van der Waals surface area contributed by atoms with E-state index in [-0.39, 0.29) is 24.7 Å². The molecule has 0 heterocycles. The molecule has 4 nitrogen and oxygen atoms in total. The Hall–Kier alpha value is -2.24. The van der Waals surface area contributed by atoms with Crippen LogP contribution in [-0.2, 0) is 4.79 Å². The second kappa shape index (κ2) is 7.68. The molecule has 116 valence electrons. The van der Waals surface area contributed by atoms with Crippen LogP contribution in [-0.4, -0.2) is 22.7 Å². The van der Waals surface area contributed by atoms with Gasteiger partial charge in [0.25, 0.3) is 0 Å². The molecule has 0 saturated heterocycles. The van der Waals surface area contributed by atoms with Gasteiger partial charge in [0.1, 0.15) is 5.82 Å². The van der Waals surface area contributed by atoms with Crippen LogP contribution in [0.1, 0.15) is 29.8 Å². The molecule has 0 aliphatic heterocycles. The van der Waals surface area contributed by atoms with Gasteiger partial charge in [0.15, 0.2) is 0 Å². The van der Waals surface area contributed by atoms with Crippen molar-refractivity contribution in [3.05, 3.63) is 71.5 Å². The maximum absolute atomic E-state index is 12.8. The average Bonchev–Trinajstić information content (AvgIpc) is 2.54. The maximum Gasteiger partial charge on any atom is 0.223 e. The van der Waals surface area contributed by atoms with Gasteiger partial charge in [-0.05, 0) is 23.3 Å². The van der Waals surface area contributed by atoms with Crippen LogP contribution in [0.2, 0.25) is 0 Å². The Morgan fingerprint density at radius 2 is 1.55 bits per heavy atom. The van der Waals surface area contributed by atoms with Gasteiger partial charge >= 0.3 is 0 Å². The van der Waals surface area contributed by atoms with E-state index in [9.17, 15) is 19.4 Å². The van der Waals surface area contributed by atoms with Crippen LogP contribution in [0.15, 0.2) is 54.6 Å². The van der Waals surface area contributed by atoms with E-state index in [0.29, 0.717) is 11.1 Å². The molecule has 1 amide bonds. The molecule has 2 aromatic carbocycles. The molecule has 5 heteroatoms. The Kier molecular flexibility index (Phi) is 5.63. The van der Waals surface area contributed by atoms with Crippen LogP contribution in [0.4, 0.5) is 4.39 Å². The zero-order chi connectivity index (χ0) is 15.9. The van der Waals surface area contributed by atoms with E-state index in [1.165, 1.54) is 24.3 Å². The molecule has 0 aliphatic carbocycles. The lowest BCUT2D eigenvalue weighted by Gasteiger charge is -2.14. The van der Waals surface area contributed by atoms with Crippen molar-refractivity contribution in [1.82, 2.24) is 5.32 Å². The van der Waals surface area contributed by atoms with E-state index < -0.39 is 12.2 Å². The highest BCUT2D eigenvalue weighted by molar-refractivity contribution is 5.76. The van der Waals surface area contributed by atoms with E-state index in [2.05, 4.69) is 5.32 Å². The third kappa shape index (κ3) is 4.65. The summed E-state index contributed by atoms with van der Waals surface area (Å²) in [5.74, 6) is -0.747. The topological polar surface area (TPSA) is 69.6 Å². The van der Waals surface area contributed by atoms with Gasteiger partial charge in [-0.25, -0.2) is 4.39 Å². The van der Waals surface area contributed by atoms with Crippen LogP contribution >= 0.6 is 0 Å². The van der Waals surface area contributed by atoms with Crippen molar-refractivity contribution in [2.24, 2.45) is 0 Å². The van der Waals surface area contributed by atoms with Crippen LogP contribution in [0.25, 0.3) is 0 Å². The normalized spacial score (nSPS) is 13.4. The smallest absolute Gasteiger partial charge is 0.223 e. The minimum absolute atomic E-state index is 0.00593. The zero-order valence-corrected chi connectivity index (χ0v) is 11.9. The first-order chi connectivity index (χ1) is 10.6. The molecular formula is C17H18FNO3. The van der Waals surface area contributed by atoms with E-state index >= 15 is 0 Å². The van der Waals surface area contributed by atoms with Crippen LogP contribution in [0.3, 0.4) is 0 Å². The van der Waals surface area contributed by atoms with Gasteiger partial charge in [0, 0.05) is 6.54 Å². The maximum atomic E-state index is 12.8. The van der Waals surface area contributed by atoms with E-state index in [4.69, 9.17) is 0 Å². The molecule has 0 saturated carbocycles. The van der Waals surface area contributed by atoms with Crippen molar-refractivity contribution in [1.29, 1.82) is 0 Å². The van der Waals surface area contributed by atoms with Crippen molar-refractivity contribution in [2.75, 3.05) is 6.54 Å². The molecule has 22 heavy (non-hydrogen) atoms. The summed E-state index contributed by atoms with van der Waals surface area (Å²) in [7, 11) is 0. The van der Waals surface area contributed by atoms with Gasteiger partial charge < -0.3 is 15.5 Å². The Bertz CT molecular complexity index is 601. The number of hydrogen-bond donors (Lipinski definition) is 3. The molecule has 2 unspecified atom stereocenters. The molecule has 2 aromatic rings. The minimum Gasteiger partial charge on any atom is -0.388 e. The second-order valence-electron chi connectivity index (χ2n) is 5.00.